The molecule has 96 valence electrons. The number of rotatable bonds is 3. The highest BCUT2D eigenvalue weighted by molar-refractivity contribution is 7.18. The monoisotopic (exact) mass is 270 g/mol. The molecular formula is C15H14N2OS. The van der Waals surface area contributed by atoms with Crippen molar-refractivity contribution >= 4 is 27.2 Å². The van der Waals surface area contributed by atoms with Crippen molar-refractivity contribution in [2.75, 3.05) is 5.73 Å². The van der Waals surface area contributed by atoms with Crippen molar-refractivity contribution in [1.29, 1.82) is 0 Å². The average molecular weight is 270 g/mol. The molecule has 0 spiro atoms. The van der Waals surface area contributed by atoms with Gasteiger partial charge in [0.25, 0.3) is 0 Å². The maximum atomic E-state index is 10.3. The van der Waals surface area contributed by atoms with Crippen LogP contribution in [0.1, 0.15) is 16.7 Å². The van der Waals surface area contributed by atoms with E-state index in [1.807, 2.05) is 42.5 Å². The number of thiazole rings is 1. The third-order valence-corrected chi connectivity index (χ3v) is 4.12. The molecule has 3 rings (SSSR count). The number of hydrogen-bond donors (Lipinski definition) is 2. The van der Waals surface area contributed by atoms with E-state index in [4.69, 9.17) is 5.73 Å². The van der Waals surface area contributed by atoms with Crippen molar-refractivity contribution in [3.8, 4) is 0 Å². The first-order chi connectivity index (χ1) is 9.24. The molecule has 0 radical (unpaired) electrons. The summed E-state index contributed by atoms with van der Waals surface area (Å²) < 4.78 is 1.14. The summed E-state index contributed by atoms with van der Waals surface area (Å²) in [6.45, 7) is 0. The topological polar surface area (TPSA) is 59.1 Å². The molecule has 3 nitrogen and oxygen atoms in total. The van der Waals surface area contributed by atoms with Gasteiger partial charge in [0.1, 0.15) is 0 Å². The first kappa shape index (κ1) is 12.1. The predicted molar refractivity (Wildman–Crippen MR) is 79.1 cm³/mol. The number of nitrogens with two attached hydrogens (primary N) is 1. The van der Waals surface area contributed by atoms with Crippen LogP contribution in [0, 0.1) is 0 Å². The van der Waals surface area contributed by atoms with Gasteiger partial charge in [-0.05, 0) is 18.2 Å². The summed E-state index contributed by atoms with van der Waals surface area (Å²) in [6, 6.07) is 15.4. The minimum Gasteiger partial charge on any atom is -0.398 e. The van der Waals surface area contributed by atoms with Crippen LogP contribution in [-0.2, 0) is 6.42 Å². The standard InChI is InChI=1S/C15H14N2OS/c16-11-6-2-1-5-10(11)13(18)9-15-17-12-7-3-4-8-14(12)19-15/h1-8,13,18H,9,16H2. The van der Waals surface area contributed by atoms with E-state index in [-0.39, 0.29) is 0 Å². The largest absolute Gasteiger partial charge is 0.398 e. The molecule has 4 heteroatoms. The summed E-state index contributed by atoms with van der Waals surface area (Å²) in [5.74, 6) is 0. The smallest absolute Gasteiger partial charge is 0.0967 e. The molecule has 0 saturated carbocycles. The number of aliphatic hydroxyl groups is 1. The maximum Gasteiger partial charge on any atom is 0.0967 e. The van der Waals surface area contributed by atoms with Crippen LogP contribution in [0.4, 0.5) is 5.69 Å². The summed E-state index contributed by atoms with van der Waals surface area (Å²) in [5, 5.41) is 11.2. The van der Waals surface area contributed by atoms with Gasteiger partial charge in [0.2, 0.25) is 0 Å². The van der Waals surface area contributed by atoms with Crippen LogP contribution < -0.4 is 5.73 Å². The molecule has 1 unspecified atom stereocenters. The molecular weight excluding hydrogens is 256 g/mol. The molecule has 0 fully saturated rings. The molecule has 0 aliphatic rings. The highest BCUT2D eigenvalue weighted by atomic mass is 32.1. The van der Waals surface area contributed by atoms with E-state index < -0.39 is 6.10 Å². The van der Waals surface area contributed by atoms with Crippen LogP contribution in [0.15, 0.2) is 48.5 Å². The molecule has 1 aromatic heterocycles. The van der Waals surface area contributed by atoms with Gasteiger partial charge in [0.05, 0.1) is 21.3 Å². The fourth-order valence-electron chi connectivity index (χ4n) is 2.10. The van der Waals surface area contributed by atoms with Crippen molar-refractivity contribution in [2.45, 2.75) is 12.5 Å². The molecule has 0 bridgehead atoms. The van der Waals surface area contributed by atoms with Gasteiger partial charge in [-0.2, -0.15) is 0 Å². The van der Waals surface area contributed by atoms with Crippen LogP contribution in [0.2, 0.25) is 0 Å². The highest BCUT2D eigenvalue weighted by Gasteiger charge is 2.14. The first-order valence-electron chi connectivity index (χ1n) is 6.11. The van der Waals surface area contributed by atoms with E-state index >= 15 is 0 Å². The van der Waals surface area contributed by atoms with Gasteiger partial charge in [-0.3, -0.25) is 0 Å². The van der Waals surface area contributed by atoms with Crippen molar-refractivity contribution in [3.63, 3.8) is 0 Å². The zero-order chi connectivity index (χ0) is 13.2. The number of benzene rings is 2. The van der Waals surface area contributed by atoms with Crippen LogP contribution in [0.3, 0.4) is 0 Å². The Morgan fingerprint density at radius 2 is 1.84 bits per heavy atom. The number of nitrogens with zero attached hydrogens (tertiary/aromatic N) is 1. The van der Waals surface area contributed by atoms with Crippen molar-refractivity contribution < 1.29 is 5.11 Å². The van der Waals surface area contributed by atoms with E-state index in [0.717, 1.165) is 20.8 Å². The van der Waals surface area contributed by atoms with E-state index in [9.17, 15) is 5.11 Å². The second-order valence-corrected chi connectivity index (χ2v) is 5.54. The quantitative estimate of drug-likeness (QED) is 0.719. The van der Waals surface area contributed by atoms with Crippen LogP contribution in [0.25, 0.3) is 10.2 Å². The zero-order valence-corrected chi connectivity index (χ0v) is 11.1. The van der Waals surface area contributed by atoms with Gasteiger partial charge in [0, 0.05) is 17.7 Å². The lowest BCUT2D eigenvalue weighted by molar-refractivity contribution is 0.179. The Balaban J connectivity index is 1.86. The lowest BCUT2D eigenvalue weighted by Gasteiger charge is -2.11. The number of anilines is 1. The van der Waals surface area contributed by atoms with Crippen molar-refractivity contribution in [2.24, 2.45) is 0 Å². The Morgan fingerprint density at radius 3 is 2.63 bits per heavy atom. The van der Waals surface area contributed by atoms with E-state index in [0.29, 0.717) is 12.1 Å². The van der Waals surface area contributed by atoms with Gasteiger partial charge in [-0.25, -0.2) is 4.98 Å². The van der Waals surface area contributed by atoms with Crippen molar-refractivity contribution in [1.82, 2.24) is 4.98 Å². The summed E-state index contributed by atoms with van der Waals surface area (Å²) in [5.41, 5.74) is 8.24. The SMILES string of the molecule is Nc1ccccc1C(O)Cc1nc2ccccc2s1. The normalized spacial score (nSPS) is 12.7. The van der Waals surface area contributed by atoms with Gasteiger partial charge >= 0.3 is 0 Å². The highest BCUT2D eigenvalue weighted by Crippen LogP contribution is 2.28. The van der Waals surface area contributed by atoms with Gasteiger partial charge in [-0.15, -0.1) is 11.3 Å². The Kier molecular flexibility index (Phi) is 3.19. The molecule has 0 saturated heterocycles. The average Bonchev–Trinajstić information content (AvgIpc) is 2.81. The van der Waals surface area contributed by atoms with Gasteiger partial charge in [0.15, 0.2) is 0 Å². The molecule has 3 N–H and O–H groups in total. The van der Waals surface area contributed by atoms with Crippen LogP contribution in [0.5, 0.6) is 0 Å². The van der Waals surface area contributed by atoms with Crippen LogP contribution in [-0.4, -0.2) is 10.1 Å². The van der Waals surface area contributed by atoms with E-state index in [1.165, 1.54) is 0 Å². The molecule has 19 heavy (non-hydrogen) atoms. The Labute approximate surface area is 115 Å². The molecule has 0 amide bonds. The summed E-state index contributed by atoms with van der Waals surface area (Å²) in [4.78, 5) is 4.53. The Morgan fingerprint density at radius 1 is 1.11 bits per heavy atom. The fourth-order valence-corrected chi connectivity index (χ4v) is 3.10. The number of aromatic nitrogens is 1. The maximum absolute atomic E-state index is 10.3. The number of aliphatic hydroxyl groups excluding tert-OH is 1. The van der Waals surface area contributed by atoms with Crippen LogP contribution >= 0.6 is 11.3 Å². The number of nitrogen functional groups attached to an aromatic ring is 1. The number of fused-ring (bicyclic) bond motifs is 1. The molecule has 3 aromatic rings. The van der Waals surface area contributed by atoms with E-state index in [2.05, 4.69) is 4.98 Å². The zero-order valence-electron chi connectivity index (χ0n) is 10.3. The third kappa shape index (κ3) is 2.45. The Hall–Kier alpha value is -1.91. The first-order valence-corrected chi connectivity index (χ1v) is 6.92. The predicted octanol–water partition coefficient (Wildman–Crippen LogP) is 3.15. The second-order valence-electron chi connectivity index (χ2n) is 4.42. The minimum absolute atomic E-state index is 0.494. The molecule has 0 aliphatic carbocycles. The lowest BCUT2D eigenvalue weighted by atomic mass is 10.1. The third-order valence-electron chi connectivity index (χ3n) is 3.06. The van der Waals surface area contributed by atoms with Gasteiger partial charge < -0.3 is 10.8 Å². The number of para-hydroxylation sites is 2. The lowest BCUT2D eigenvalue weighted by Crippen LogP contribution is -2.04. The van der Waals surface area contributed by atoms with Gasteiger partial charge in [-0.1, -0.05) is 30.3 Å². The summed E-state index contributed by atoms with van der Waals surface area (Å²) >= 11 is 1.61. The summed E-state index contributed by atoms with van der Waals surface area (Å²) in [7, 11) is 0. The molecule has 1 heterocycles. The number of hydrogen-bond acceptors (Lipinski definition) is 4. The van der Waals surface area contributed by atoms with E-state index in [1.54, 1.807) is 17.4 Å². The molecule has 2 aromatic carbocycles. The minimum atomic E-state index is -0.609. The fraction of sp³-hybridized carbons (Fsp3) is 0.133. The molecule has 1 atom stereocenters. The molecule has 0 aliphatic heterocycles. The second kappa shape index (κ2) is 4.99. The Bertz CT molecular complexity index is 675. The summed E-state index contributed by atoms with van der Waals surface area (Å²) in [6.07, 6.45) is -0.116. The van der Waals surface area contributed by atoms with Crippen molar-refractivity contribution in [3.05, 3.63) is 59.1 Å².